The predicted molar refractivity (Wildman–Crippen MR) is 51.7 cm³/mol. The molecular weight excluding hydrogens is 207 g/mol. The second-order valence-corrected chi connectivity index (χ2v) is 3.65. The minimum absolute atomic E-state index is 0.596. The fourth-order valence-corrected chi connectivity index (χ4v) is 1.22. The monoisotopic (exact) mass is 222 g/mol. The van der Waals surface area contributed by atoms with Crippen molar-refractivity contribution >= 4 is 15.9 Å². The Morgan fingerprint density at radius 1 is 1.45 bits per heavy atom. The Labute approximate surface area is 77.0 Å². The van der Waals surface area contributed by atoms with Crippen molar-refractivity contribution in [1.29, 1.82) is 0 Å². The van der Waals surface area contributed by atoms with Crippen LogP contribution in [0.25, 0.3) is 0 Å². The van der Waals surface area contributed by atoms with E-state index in [0.29, 0.717) is 11.5 Å². The lowest BCUT2D eigenvalue weighted by molar-refractivity contribution is 0.439. The first-order valence-electron chi connectivity index (χ1n) is 4.07. The van der Waals surface area contributed by atoms with Gasteiger partial charge in [-0.3, -0.25) is 0 Å². The van der Waals surface area contributed by atoms with E-state index in [4.69, 9.17) is 0 Å². The highest BCUT2D eigenvalue weighted by atomic mass is 79.9. The molecule has 0 nitrogen and oxygen atoms in total. The first-order valence-corrected chi connectivity index (χ1v) is 4.99. The number of hydrogen-bond acceptors (Lipinski definition) is 0. The summed E-state index contributed by atoms with van der Waals surface area (Å²) in [6, 6.07) is 0. The van der Waals surface area contributed by atoms with Gasteiger partial charge in [0.2, 0.25) is 0 Å². The molecule has 0 aliphatic carbocycles. The zero-order chi connectivity index (χ0) is 8.85. The van der Waals surface area contributed by atoms with E-state index in [2.05, 4.69) is 36.4 Å². The predicted octanol–water partition coefficient (Wildman–Crippen LogP) is 4.06. The molecule has 0 fully saturated rings. The third-order valence-electron chi connectivity index (χ3n) is 2.01. The van der Waals surface area contributed by atoms with Crippen molar-refractivity contribution in [3.8, 4) is 0 Å². The molecule has 0 bridgehead atoms. The molecule has 0 aromatic rings. The summed E-state index contributed by atoms with van der Waals surface area (Å²) in [4.78, 5) is 0. The maximum atomic E-state index is 12.5. The SMILES string of the molecule is C=C(CC(CC)CC)C(F)Br. The van der Waals surface area contributed by atoms with Crippen LogP contribution < -0.4 is 0 Å². The van der Waals surface area contributed by atoms with Crippen LogP contribution >= 0.6 is 15.9 Å². The molecule has 2 heteroatoms. The van der Waals surface area contributed by atoms with E-state index in [-0.39, 0.29) is 0 Å². The van der Waals surface area contributed by atoms with Crippen LogP contribution in [-0.2, 0) is 0 Å². The zero-order valence-electron chi connectivity index (χ0n) is 7.24. The highest BCUT2D eigenvalue weighted by molar-refractivity contribution is 9.09. The van der Waals surface area contributed by atoms with Crippen molar-refractivity contribution in [3.63, 3.8) is 0 Å². The number of hydrogen-bond donors (Lipinski definition) is 0. The van der Waals surface area contributed by atoms with E-state index in [0.717, 1.165) is 19.3 Å². The van der Waals surface area contributed by atoms with Crippen LogP contribution in [0.15, 0.2) is 12.2 Å². The quantitative estimate of drug-likeness (QED) is 0.487. The lowest BCUT2D eigenvalue weighted by Gasteiger charge is -2.13. The van der Waals surface area contributed by atoms with Gasteiger partial charge in [-0.05, 0) is 33.8 Å². The van der Waals surface area contributed by atoms with Gasteiger partial charge in [-0.25, -0.2) is 4.39 Å². The summed E-state index contributed by atoms with van der Waals surface area (Å²) in [5.41, 5.74) is 0.665. The molecule has 66 valence electrons. The van der Waals surface area contributed by atoms with Gasteiger partial charge >= 0.3 is 0 Å². The van der Waals surface area contributed by atoms with Gasteiger partial charge in [0.05, 0.1) is 0 Å². The minimum atomic E-state index is -1.02. The van der Waals surface area contributed by atoms with Crippen molar-refractivity contribution < 1.29 is 4.39 Å². The van der Waals surface area contributed by atoms with E-state index in [1.54, 1.807) is 0 Å². The molecule has 11 heavy (non-hydrogen) atoms. The first-order chi connectivity index (χ1) is 5.11. The number of alkyl halides is 2. The van der Waals surface area contributed by atoms with Crippen LogP contribution in [0.1, 0.15) is 33.1 Å². The summed E-state index contributed by atoms with van der Waals surface area (Å²) in [6.45, 7) is 7.92. The molecule has 0 radical (unpaired) electrons. The fourth-order valence-electron chi connectivity index (χ4n) is 1.04. The molecule has 0 N–H and O–H groups in total. The van der Waals surface area contributed by atoms with Gasteiger partial charge in [-0.2, -0.15) is 0 Å². The molecule has 0 aromatic carbocycles. The second kappa shape index (κ2) is 5.76. The summed E-state index contributed by atoms with van der Waals surface area (Å²) in [5.74, 6) is 0.596. The van der Waals surface area contributed by atoms with E-state index in [9.17, 15) is 4.39 Å². The summed E-state index contributed by atoms with van der Waals surface area (Å²) in [5, 5.41) is -1.02. The van der Waals surface area contributed by atoms with Crippen LogP contribution in [-0.4, -0.2) is 5.08 Å². The summed E-state index contributed by atoms with van der Waals surface area (Å²) in [6.07, 6.45) is 3.02. The second-order valence-electron chi connectivity index (χ2n) is 2.85. The molecule has 0 rings (SSSR count). The summed E-state index contributed by atoms with van der Waals surface area (Å²) < 4.78 is 12.5. The maximum absolute atomic E-state index is 12.5. The van der Waals surface area contributed by atoms with Gasteiger partial charge in [-0.1, -0.05) is 33.3 Å². The van der Waals surface area contributed by atoms with Crippen molar-refractivity contribution in [2.45, 2.75) is 38.2 Å². The largest absolute Gasteiger partial charge is 0.230 e. The molecule has 0 spiro atoms. The smallest absolute Gasteiger partial charge is 0.175 e. The van der Waals surface area contributed by atoms with Gasteiger partial charge in [-0.15, -0.1) is 0 Å². The average molecular weight is 223 g/mol. The highest BCUT2D eigenvalue weighted by Crippen LogP contribution is 2.23. The minimum Gasteiger partial charge on any atom is -0.230 e. The van der Waals surface area contributed by atoms with Crippen molar-refractivity contribution in [1.82, 2.24) is 0 Å². The van der Waals surface area contributed by atoms with Crippen molar-refractivity contribution in [2.24, 2.45) is 5.92 Å². The molecule has 0 aromatic heterocycles. The number of halogens is 2. The van der Waals surface area contributed by atoms with Gasteiger partial charge in [0.1, 0.15) is 0 Å². The molecule has 1 unspecified atom stereocenters. The Morgan fingerprint density at radius 2 is 1.91 bits per heavy atom. The third kappa shape index (κ3) is 4.57. The van der Waals surface area contributed by atoms with Crippen LogP contribution in [0, 0.1) is 5.92 Å². The normalized spacial score (nSPS) is 13.5. The topological polar surface area (TPSA) is 0 Å². The van der Waals surface area contributed by atoms with Crippen molar-refractivity contribution in [2.75, 3.05) is 0 Å². The lowest BCUT2D eigenvalue weighted by Crippen LogP contribution is -2.02. The molecule has 0 aliphatic heterocycles. The molecule has 0 saturated heterocycles. The van der Waals surface area contributed by atoms with E-state index in [1.165, 1.54) is 0 Å². The summed E-state index contributed by atoms with van der Waals surface area (Å²) in [7, 11) is 0. The van der Waals surface area contributed by atoms with Crippen molar-refractivity contribution in [3.05, 3.63) is 12.2 Å². The van der Waals surface area contributed by atoms with Gasteiger partial charge < -0.3 is 0 Å². The molecule has 0 heterocycles. The van der Waals surface area contributed by atoms with Gasteiger partial charge in [0.25, 0.3) is 0 Å². The maximum Gasteiger partial charge on any atom is 0.175 e. The highest BCUT2D eigenvalue weighted by Gasteiger charge is 2.10. The van der Waals surface area contributed by atoms with Crippen LogP contribution in [0.2, 0.25) is 0 Å². The number of rotatable bonds is 5. The Kier molecular flexibility index (Phi) is 5.83. The Bertz CT molecular complexity index is 117. The molecule has 0 aliphatic rings. The first kappa shape index (κ1) is 11.2. The van der Waals surface area contributed by atoms with E-state index >= 15 is 0 Å². The van der Waals surface area contributed by atoms with Crippen LogP contribution in [0.3, 0.4) is 0 Å². The molecule has 1 atom stereocenters. The fraction of sp³-hybridized carbons (Fsp3) is 0.778. The van der Waals surface area contributed by atoms with Crippen LogP contribution in [0.5, 0.6) is 0 Å². The summed E-state index contributed by atoms with van der Waals surface area (Å²) >= 11 is 2.86. The molecule has 0 amide bonds. The lowest BCUT2D eigenvalue weighted by atomic mass is 9.96. The average Bonchev–Trinajstić information content (AvgIpc) is 1.99. The van der Waals surface area contributed by atoms with Gasteiger partial charge in [0.15, 0.2) is 5.08 Å². The van der Waals surface area contributed by atoms with E-state index in [1.807, 2.05) is 0 Å². The number of allylic oxidation sites excluding steroid dienone is 1. The Morgan fingerprint density at radius 3 is 2.18 bits per heavy atom. The standard InChI is InChI=1S/C9H16BrF/c1-4-8(5-2)6-7(3)9(10)11/h8-9H,3-6H2,1-2H3. The zero-order valence-corrected chi connectivity index (χ0v) is 8.83. The van der Waals surface area contributed by atoms with Gasteiger partial charge in [0, 0.05) is 0 Å². The third-order valence-corrected chi connectivity index (χ3v) is 2.66. The molecule has 0 saturated carbocycles. The molecular formula is C9H16BrF. The Balaban J connectivity index is 3.72. The van der Waals surface area contributed by atoms with Crippen LogP contribution in [0.4, 0.5) is 4.39 Å². The Hall–Kier alpha value is 0.150. The van der Waals surface area contributed by atoms with E-state index < -0.39 is 5.08 Å².